The quantitative estimate of drug-likeness (QED) is 0.887. The van der Waals surface area contributed by atoms with Gasteiger partial charge in [-0.25, -0.2) is 18.7 Å². The van der Waals surface area contributed by atoms with Gasteiger partial charge in [-0.3, -0.25) is 4.79 Å². The van der Waals surface area contributed by atoms with Crippen molar-refractivity contribution in [3.8, 4) is 0 Å². The van der Waals surface area contributed by atoms with E-state index in [4.69, 9.17) is 9.47 Å². The molecule has 7 nitrogen and oxygen atoms in total. The molecule has 1 amide bonds. The lowest BCUT2D eigenvalue weighted by atomic mass is 10.0. The topological polar surface area (TPSA) is 76.6 Å². The molecule has 0 radical (unpaired) electrons. The Morgan fingerprint density at radius 3 is 2.59 bits per heavy atom. The molecule has 3 heterocycles. The summed E-state index contributed by atoms with van der Waals surface area (Å²) < 4.78 is 38.1. The van der Waals surface area contributed by atoms with Crippen molar-refractivity contribution in [2.24, 2.45) is 0 Å². The monoisotopic (exact) mass is 376 g/mol. The van der Waals surface area contributed by atoms with Gasteiger partial charge in [0.05, 0.1) is 18.9 Å². The second-order valence-corrected chi connectivity index (χ2v) is 6.41. The number of rotatable bonds is 3. The van der Waals surface area contributed by atoms with Gasteiger partial charge in [-0.05, 0) is 18.2 Å². The predicted molar refractivity (Wildman–Crippen MR) is 91.4 cm³/mol. The van der Waals surface area contributed by atoms with Crippen molar-refractivity contribution in [2.45, 2.75) is 18.6 Å². The van der Waals surface area contributed by atoms with Gasteiger partial charge in [-0.1, -0.05) is 0 Å². The number of aromatic nitrogens is 2. The van der Waals surface area contributed by atoms with Crippen LogP contribution in [-0.4, -0.2) is 52.9 Å². The number of nitrogens with one attached hydrogen (secondary N) is 1. The molecule has 0 saturated carbocycles. The second-order valence-electron chi connectivity index (χ2n) is 6.41. The van der Waals surface area contributed by atoms with Crippen LogP contribution in [0, 0.1) is 11.6 Å². The van der Waals surface area contributed by atoms with Gasteiger partial charge in [0.1, 0.15) is 17.3 Å². The summed E-state index contributed by atoms with van der Waals surface area (Å²) in [5.74, 6) is -2.20. The lowest BCUT2D eigenvalue weighted by Crippen LogP contribution is -2.47. The molecule has 2 aliphatic heterocycles. The number of hydrogen-bond donors (Lipinski definition) is 1. The Hall–Kier alpha value is -2.65. The van der Waals surface area contributed by atoms with Crippen molar-refractivity contribution in [3.05, 3.63) is 47.8 Å². The average Bonchev–Trinajstić information content (AvgIpc) is 3.12. The largest absolute Gasteiger partial charge is 0.347 e. The number of likely N-dealkylation sites (tertiary alicyclic amines) is 1. The summed E-state index contributed by atoms with van der Waals surface area (Å²) in [7, 11) is 0. The molecule has 1 aromatic heterocycles. The maximum atomic E-state index is 13.8. The van der Waals surface area contributed by atoms with Crippen LogP contribution in [0.3, 0.4) is 0 Å². The summed E-state index contributed by atoms with van der Waals surface area (Å²) in [5, 5.41) is 2.66. The Labute approximate surface area is 154 Å². The lowest BCUT2D eigenvalue weighted by molar-refractivity contribution is -0.181. The first-order valence-corrected chi connectivity index (χ1v) is 8.67. The molecule has 142 valence electrons. The first-order chi connectivity index (χ1) is 13.0. The molecular weight excluding hydrogens is 358 g/mol. The number of benzene rings is 1. The van der Waals surface area contributed by atoms with Crippen molar-refractivity contribution in [3.63, 3.8) is 0 Å². The van der Waals surface area contributed by atoms with Crippen LogP contribution in [0.1, 0.15) is 23.3 Å². The number of piperidine rings is 1. The zero-order valence-corrected chi connectivity index (χ0v) is 14.5. The Morgan fingerprint density at radius 1 is 1.15 bits per heavy atom. The molecule has 2 fully saturated rings. The van der Waals surface area contributed by atoms with Gasteiger partial charge in [-0.2, -0.15) is 0 Å². The smallest absolute Gasteiger partial charge is 0.272 e. The van der Waals surface area contributed by atoms with E-state index in [1.807, 2.05) is 0 Å². The van der Waals surface area contributed by atoms with E-state index in [1.54, 1.807) is 4.90 Å². The number of carbonyl (C=O) groups is 1. The standard InChI is InChI=1S/C18H18F2N4O3/c19-12-1-2-14(13(20)11-12)22-17-21-6-3-15(23-17)16(25)24-7-4-18(5-8-24)26-9-10-27-18/h1-3,6,11H,4-5,7-10H2,(H,21,22,23). The van der Waals surface area contributed by atoms with Crippen molar-refractivity contribution in [1.29, 1.82) is 0 Å². The van der Waals surface area contributed by atoms with Crippen LogP contribution in [0.4, 0.5) is 20.4 Å². The molecule has 27 heavy (non-hydrogen) atoms. The van der Waals surface area contributed by atoms with E-state index >= 15 is 0 Å². The number of anilines is 2. The summed E-state index contributed by atoms with van der Waals surface area (Å²) in [5.41, 5.74) is 0.218. The minimum absolute atomic E-state index is 0.0245. The molecule has 1 spiro atoms. The number of amides is 1. The maximum absolute atomic E-state index is 13.8. The third-order valence-corrected chi connectivity index (χ3v) is 4.68. The first kappa shape index (κ1) is 17.7. The fourth-order valence-corrected chi connectivity index (χ4v) is 3.25. The molecule has 1 aromatic carbocycles. The van der Waals surface area contributed by atoms with Gasteiger partial charge in [0, 0.05) is 38.2 Å². The van der Waals surface area contributed by atoms with Crippen molar-refractivity contribution in [1.82, 2.24) is 14.9 Å². The Kier molecular flexibility index (Phi) is 4.71. The van der Waals surface area contributed by atoms with Gasteiger partial charge in [0.15, 0.2) is 5.79 Å². The Morgan fingerprint density at radius 2 is 1.89 bits per heavy atom. The molecule has 0 bridgehead atoms. The zero-order chi connectivity index (χ0) is 18.9. The summed E-state index contributed by atoms with van der Waals surface area (Å²) in [6.45, 7) is 2.15. The van der Waals surface area contributed by atoms with Crippen LogP contribution in [0.25, 0.3) is 0 Å². The predicted octanol–water partition coefficient (Wildman–Crippen LogP) is 2.48. The highest BCUT2D eigenvalue weighted by atomic mass is 19.1. The highest BCUT2D eigenvalue weighted by Crippen LogP contribution is 2.31. The summed E-state index contributed by atoms with van der Waals surface area (Å²) >= 11 is 0. The van der Waals surface area contributed by atoms with Crippen LogP contribution in [-0.2, 0) is 9.47 Å². The van der Waals surface area contributed by atoms with Crippen molar-refractivity contribution >= 4 is 17.5 Å². The number of halogens is 2. The van der Waals surface area contributed by atoms with Crippen molar-refractivity contribution < 1.29 is 23.0 Å². The van der Waals surface area contributed by atoms with E-state index in [2.05, 4.69) is 15.3 Å². The number of carbonyl (C=O) groups excluding carboxylic acids is 1. The fraction of sp³-hybridized carbons (Fsp3) is 0.389. The Balaban J connectivity index is 1.45. The van der Waals surface area contributed by atoms with Crippen molar-refractivity contribution in [2.75, 3.05) is 31.6 Å². The second kappa shape index (κ2) is 7.16. The maximum Gasteiger partial charge on any atom is 0.272 e. The molecule has 0 unspecified atom stereocenters. The molecule has 2 aliphatic rings. The van der Waals surface area contributed by atoms with E-state index in [9.17, 15) is 13.6 Å². The van der Waals surface area contributed by atoms with Gasteiger partial charge in [0.2, 0.25) is 5.95 Å². The summed E-state index contributed by atoms with van der Waals surface area (Å²) in [4.78, 5) is 22.6. The third-order valence-electron chi connectivity index (χ3n) is 4.68. The zero-order valence-electron chi connectivity index (χ0n) is 14.5. The van der Waals surface area contributed by atoms with Crippen LogP contribution in [0.2, 0.25) is 0 Å². The molecule has 2 aromatic rings. The average molecular weight is 376 g/mol. The molecule has 9 heteroatoms. The van der Waals surface area contributed by atoms with Gasteiger partial charge in [-0.15, -0.1) is 0 Å². The summed E-state index contributed by atoms with van der Waals surface area (Å²) in [6.07, 6.45) is 2.63. The summed E-state index contributed by atoms with van der Waals surface area (Å²) in [6, 6.07) is 4.63. The minimum Gasteiger partial charge on any atom is -0.347 e. The molecule has 4 rings (SSSR count). The lowest BCUT2D eigenvalue weighted by Gasteiger charge is -2.37. The minimum atomic E-state index is -0.770. The number of ether oxygens (including phenoxy) is 2. The normalized spacial score (nSPS) is 18.7. The molecule has 2 saturated heterocycles. The fourth-order valence-electron chi connectivity index (χ4n) is 3.25. The van der Waals surface area contributed by atoms with Crippen LogP contribution < -0.4 is 5.32 Å². The third kappa shape index (κ3) is 3.74. The van der Waals surface area contributed by atoms with Gasteiger partial charge >= 0.3 is 0 Å². The van der Waals surface area contributed by atoms with Gasteiger partial charge < -0.3 is 19.7 Å². The molecule has 0 aliphatic carbocycles. The van der Waals surface area contributed by atoms with Gasteiger partial charge in [0.25, 0.3) is 5.91 Å². The SMILES string of the molecule is O=C(c1ccnc(Nc2ccc(F)cc2F)n1)N1CCC2(CC1)OCCO2. The Bertz CT molecular complexity index is 848. The van der Waals surface area contributed by atoms with E-state index in [-0.39, 0.29) is 23.2 Å². The van der Waals surface area contributed by atoms with E-state index in [1.165, 1.54) is 18.3 Å². The van der Waals surface area contributed by atoms with E-state index in [0.29, 0.717) is 39.1 Å². The molecular formula is C18H18F2N4O3. The van der Waals surface area contributed by atoms with E-state index in [0.717, 1.165) is 12.1 Å². The molecule has 0 atom stereocenters. The van der Waals surface area contributed by atoms with E-state index < -0.39 is 17.4 Å². The highest BCUT2D eigenvalue weighted by molar-refractivity contribution is 5.92. The number of hydrogen-bond acceptors (Lipinski definition) is 6. The van der Waals surface area contributed by atoms with Crippen LogP contribution >= 0.6 is 0 Å². The number of nitrogens with zero attached hydrogens (tertiary/aromatic N) is 3. The molecule has 1 N–H and O–H groups in total. The first-order valence-electron chi connectivity index (χ1n) is 8.67. The van der Waals surface area contributed by atoms with Crippen LogP contribution in [0.15, 0.2) is 30.5 Å². The van der Waals surface area contributed by atoms with Crippen LogP contribution in [0.5, 0.6) is 0 Å². The highest BCUT2D eigenvalue weighted by Gasteiger charge is 2.41.